The number of fused-ring (bicyclic) bond motifs is 1. The van der Waals surface area contributed by atoms with Gasteiger partial charge in [-0.15, -0.1) is 0 Å². The Bertz CT molecular complexity index is 1460. The molecule has 15 nitrogen and oxygen atoms in total. The van der Waals surface area contributed by atoms with Crippen molar-refractivity contribution in [3.63, 3.8) is 0 Å². The SMILES string of the molecule is CC1(C)CCOc2c(C(=O)NC3CN4C(N)=N[C@@H](CNC(=O)c5ccncn5)[C@@H]5[NH+]=C(N)NC54C3(O)O)cccc21. The van der Waals surface area contributed by atoms with Gasteiger partial charge in [-0.1, -0.05) is 26.0 Å². The zero-order valence-corrected chi connectivity index (χ0v) is 22.6. The van der Waals surface area contributed by atoms with Crippen molar-refractivity contribution in [2.45, 2.75) is 55.3 Å². The summed E-state index contributed by atoms with van der Waals surface area (Å²) < 4.78 is 5.89. The molecule has 0 saturated carbocycles. The summed E-state index contributed by atoms with van der Waals surface area (Å²) in [6.07, 6.45) is 3.51. The lowest BCUT2D eigenvalue weighted by molar-refractivity contribution is -0.521. The molecule has 1 aromatic heterocycles. The van der Waals surface area contributed by atoms with E-state index in [-0.39, 0.29) is 36.1 Å². The number of aliphatic hydroxyl groups is 2. The minimum atomic E-state index is -2.59. The molecule has 0 aliphatic carbocycles. The van der Waals surface area contributed by atoms with Crippen LogP contribution < -0.4 is 37.1 Å². The first-order valence-corrected chi connectivity index (χ1v) is 13.3. The molecule has 1 spiro atoms. The first-order chi connectivity index (χ1) is 19.5. The third-order valence-electron chi connectivity index (χ3n) is 8.44. The average molecular weight is 566 g/mol. The molecule has 2 aromatic rings. The number of nitrogens with two attached hydrogens (primary N) is 2. The average Bonchev–Trinajstić information content (AvgIpc) is 3.41. The fourth-order valence-electron chi connectivity index (χ4n) is 6.23. The van der Waals surface area contributed by atoms with E-state index in [2.05, 4.69) is 49.8 Å². The van der Waals surface area contributed by atoms with Crippen molar-refractivity contribution in [2.75, 3.05) is 19.7 Å². The van der Waals surface area contributed by atoms with Gasteiger partial charge in [-0.25, -0.2) is 20.3 Å². The van der Waals surface area contributed by atoms with Crippen LogP contribution in [0.4, 0.5) is 0 Å². The number of benzene rings is 1. The standard InChI is InChI=1S/C26H32N10O5/c1-24(2)7-9-41-18-13(4-3-5-14(18)24)20(37)33-17-11-36-23(28)32-16(10-30-21(38)15-6-8-29-12-31-15)19-25(36,26(17,39)40)35-22(27)34-19/h3-6,8,12,16-17,19,39-40H,7,9-11H2,1-2H3,(H2,28,32)(H,30,38)(H,33,37)(H3,27,34,35)/p+1/t16-,17?,19-,25?/m0/s1. The quantitative estimate of drug-likeness (QED) is 0.162. The Labute approximate surface area is 235 Å². The van der Waals surface area contributed by atoms with E-state index < -0.39 is 41.4 Å². The van der Waals surface area contributed by atoms with Gasteiger partial charge >= 0.3 is 5.96 Å². The van der Waals surface area contributed by atoms with Crippen LogP contribution in [0.3, 0.4) is 0 Å². The summed E-state index contributed by atoms with van der Waals surface area (Å²) in [5.74, 6) is -3.06. The molecule has 2 unspecified atom stereocenters. The molecule has 4 aliphatic rings. The number of carbonyl (C=O) groups excluding carboxylic acids is 2. The summed E-state index contributed by atoms with van der Waals surface area (Å²) in [5, 5.41) is 31.9. The van der Waals surface area contributed by atoms with Crippen LogP contribution in [0.5, 0.6) is 5.75 Å². The van der Waals surface area contributed by atoms with Gasteiger partial charge < -0.3 is 31.3 Å². The van der Waals surface area contributed by atoms with E-state index in [9.17, 15) is 19.8 Å². The summed E-state index contributed by atoms with van der Waals surface area (Å²) in [5.41, 5.74) is 11.9. The number of hydrogen-bond acceptors (Lipinski definition) is 12. The maximum absolute atomic E-state index is 13.6. The van der Waals surface area contributed by atoms with Crippen LogP contribution >= 0.6 is 0 Å². The highest BCUT2D eigenvalue weighted by Crippen LogP contribution is 2.43. The van der Waals surface area contributed by atoms with E-state index in [1.54, 1.807) is 12.1 Å². The fourth-order valence-corrected chi connectivity index (χ4v) is 6.23. The van der Waals surface area contributed by atoms with Gasteiger partial charge in [0, 0.05) is 18.3 Å². The molecule has 2 amide bonds. The third-order valence-corrected chi connectivity index (χ3v) is 8.44. The molecule has 41 heavy (non-hydrogen) atoms. The van der Waals surface area contributed by atoms with Crippen LogP contribution in [0.2, 0.25) is 0 Å². The zero-order valence-electron chi connectivity index (χ0n) is 22.6. The van der Waals surface area contributed by atoms with Gasteiger partial charge in [0.2, 0.25) is 5.79 Å². The van der Waals surface area contributed by atoms with Crippen LogP contribution in [0.1, 0.15) is 46.7 Å². The van der Waals surface area contributed by atoms with E-state index in [1.165, 1.54) is 23.5 Å². The van der Waals surface area contributed by atoms with Crippen molar-refractivity contribution in [2.24, 2.45) is 16.5 Å². The number of aliphatic imine (C=N–C) groups is 1. The predicted molar refractivity (Wildman–Crippen MR) is 144 cm³/mol. The second-order valence-electron chi connectivity index (χ2n) is 11.3. The molecule has 4 aliphatic heterocycles. The Hall–Kier alpha value is -4.50. The maximum atomic E-state index is 13.6. The normalized spacial score (nSPS) is 28.6. The van der Waals surface area contributed by atoms with Gasteiger partial charge in [0.1, 0.15) is 29.9 Å². The number of amides is 2. The highest BCUT2D eigenvalue weighted by Gasteiger charge is 2.76. The molecular formula is C26H33N10O5+. The van der Waals surface area contributed by atoms with Gasteiger partial charge in [-0.2, -0.15) is 0 Å². The van der Waals surface area contributed by atoms with E-state index in [4.69, 9.17) is 16.2 Å². The zero-order chi connectivity index (χ0) is 29.2. The second-order valence-corrected chi connectivity index (χ2v) is 11.3. The summed E-state index contributed by atoms with van der Waals surface area (Å²) in [6, 6.07) is 3.98. The van der Waals surface area contributed by atoms with Crippen molar-refractivity contribution >= 4 is 23.7 Å². The van der Waals surface area contributed by atoms with Crippen molar-refractivity contribution < 1.29 is 29.5 Å². The minimum absolute atomic E-state index is 0.0158. The number of guanidine groups is 2. The third kappa shape index (κ3) is 4.02. The molecule has 1 fully saturated rings. The number of nitrogens with one attached hydrogen (secondary N) is 4. The molecule has 4 atom stereocenters. The van der Waals surface area contributed by atoms with Crippen molar-refractivity contribution in [3.8, 4) is 5.75 Å². The van der Waals surface area contributed by atoms with E-state index in [0.29, 0.717) is 17.9 Å². The molecule has 6 rings (SSSR count). The monoisotopic (exact) mass is 565 g/mol. The number of nitrogens with zero attached hydrogens (tertiary/aromatic N) is 4. The fraction of sp³-hybridized carbons (Fsp3) is 0.462. The van der Waals surface area contributed by atoms with Crippen LogP contribution in [0.25, 0.3) is 0 Å². The van der Waals surface area contributed by atoms with E-state index in [1.807, 2.05) is 6.07 Å². The topological polar surface area (TPSA) is 227 Å². The molecule has 0 radical (unpaired) electrons. The predicted octanol–water partition coefficient (Wildman–Crippen LogP) is -4.18. The molecule has 216 valence electrons. The lowest BCUT2D eigenvalue weighted by atomic mass is 9.79. The van der Waals surface area contributed by atoms with E-state index >= 15 is 0 Å². The molecule has 5 heterocycles. The second kappa shape index (κ2) is 9.27. The summed E-state index contributed by atoms with van der Waals surface area (Å²) in [7, 11) is 0. The van der Waals surface area contributed by atoms with Crippen LogP contribution in [-0.2, 0) is 5.41 Å². The number of carbonyl (C=O) groups is 2. The summed E-state index contributed by atoms with van der Waals surface area (Å²) in [4.78, 5) is 42.9. The van der Waals surface area contributed by atoms with Crippen molar-refractivity contribution in [1.82, 2.24) is 30.8 Å². The Morgan fingerprint density at radius 2 is 2.05 bits per heavy atom. The van der Waals surface area contributed by atoms with Gasteiger partial charge in [-0.3, -0.25) is 25.2 Å². The lowest BCUT2D eigenvalue weighted by Gasteiger charge is -2.46. The van der Waals surface area contributed by atoms with Gasteiger partial charge in [-0.05, 0) is 24.0 Å². The summed E-state index contributed by atoms with van der Waals surface area (Å²) >= 11 is 0. The van der Waals surface area contributed by atoms with Gasteiger partial charge in [0.25, 0.3) is 17.5 Å². The van der Waals surface area contributed by atoms with Crippen molar-refractivity contribution in [3.05, 3.63) is 53.6 Å². The van der Waals surface area contributed by atoms with Crippen LogP contribution in [0, 0.1) is 0 Å². The van der Waals surface area contributed by atoms with E-state index in [0.717, 1.165) is 12.0 Å². The maximum Gasteiger partial charge on any atom is 0.343 e. The van der Waals surface area contributed by atoms with Crippen molar-refractivity contribution in [1.29, 1.82) is 0 Å². The summed E-state index contributed by atoms with van der Waals surface area (Å²) in [6.45, 7) is 4.52. The first-order valence-electron chi connectivity index (χ1n) is 13.3. The Morgan fingerprint density at radius 1 is 1.24 bits per heavy atom. The Balaban J connectivity index is 1.27. The first kappa shape index (κ1) is 26.7. The molecule has 1 saturated heterocycles. The van der Waals surface area contributed by atoms with Gasteiger partial charge in [0.05, 0.1) is 18.7 Å². The number of ether oxygens (including phenoxy) is 1. The number of hydrogen-bond donors (Lipinski definition) is 8. The lowest BCUT2D eigenvalue weighted by Crippen LogP contribution is -2.90. The Kier molecular flexibility index (Phi) is 6.04. The highest BCUT2D eigenvalue weighted by atomic mass is 16.5. The molecule has 0 bridgehead atoms. The number of rotatable bonds is 5. The molecule has 15 heteroatoms. The van der Waals surface area contributed by atoms with Crippen LogP contribution in [-0.4, -0.2) is 98.1 Å². The Morgan fingerprint density at radius 3 is 2.80 bits per heavy atom. The van der Waals surface area contributed by atoms with Gasteiger partial charge in [0.15, 0.2) is 12.0 Å². The smallest absolute Gasteiger partial charge is 0.343 e. The highest BCUT2D eigenvalue weighted by molar-refractivity contribution is 5.98. The number of aromatic nitrogens is 2. The molecule has 10 N–H and O–H groups in total. The largest absolute Gasteiger partial charge is 0.492 e. The molecular weight excluding hydrogens is 532 g/mol. The molecule has 1 aromatic carbocycles. The number of para-hydroxylation sites is 1. The van der Waals surface area contributed by atoms with Crippen LogP contribution in [0.15, 0.2) is 41.8 Å². The minimum Gasteiger partial charge on any atom is -0.492 e.